The van der Waals surface area contributed by atoms with Gasteiger partial charge < -0.3 is 9.84 Å². The highest BCUT2D eigenvalue weighted by Gasteiger charge is 2.26. The zero-order chi connectivity index (χ0) is 26.9. The van der Waals surface area contributed by atoms with Gasteiger partial charge in [0.2, 0.25) is 5.88 Å². The molecular weight excluding hydrogens is 487 g/mol. The number of hydrogen-bond acceptors (Lipinski definition) is 7. The Hall–Kier alpha value is -3.83. The van der Waals surface area contributed by atoms with Crippen LogP contribution in [-0.2, 0) is 13.6 Å². The maximum atomic E-state index is 15.7. The number of aliphatic hydroxyl groups is 1. The van der Waals surface area contributed by atoms with Crippen LogP contribution < -0.4 is 4.74 Å². The summed E-state index contributed by atoms with van der Waals surface area (Å²) >= 11 is 0. The van der Waals surface area contributed by atoms with Crippen molar-refractivity contribution in [3.8, 4) is 28.4 Å². The molecule has 2 atom stereocenters. The molecule has 0 radical (unpaired) electrons. The molecule has 5 aromatic rings. The maximum absolute atomic E-state index is 15.7. The molecule has 4 bridgehead atoms. The van der Waals surface area contributed by atoms with Gasteiger partial charge in [0.1, 0.15) is 17.6 Å². The molecule has 0 aliphatic carbocycles. The zero-order valence-corrected chi connectivity index (χ0v) is 22.4. The van der Waals surface area contributed by atoms with Crippen molar-refractivity contribution in [3.05, 3.63) is 41.1 Å². The molecule has 0 fully saturated rings. The SMILES string of the molecule is Cc1nn(C)c2c1-c1cc3c(n[nH]c3c(C)n1)-c1cc3c(n([C@@H](C)CO)nc3cc1F)CN(C)C[C@H](C)O2. The van der Waals surface area contributed by atoms with Crippen molar-refractivity contribution < 1.29 is 14.2 Å². The Morgan fingerprint density at radius 1 is 1.16 bits per heavy atom. The number of rotatable bonds is 2. The third kappa shape index (κ3) is 3.76. The number of pyridine rings is 1. The summed E-state index contributed by atoms with van der Waals surface area (Å²) in [5, 5.41) is 28.4. The van der Waals surface area contributed by atoms with E-state index in [0.29, 0.717) is 41.4 Å². The molecule has 0 unspecified atom stereocenters. The predicted molar refractivity (Wildman–Crippen MR) is 142 cm³/mol. The van der Waals surface area contributed by atoms with E-state index in [4.69, 9.17) is 9.72 Å². The zero-order valence-electron chi connectivity index (χ0n) is 22.4. The van der Waals surface area contributed by atoms with Gasteiger partial charge in [0.15, 0.2) is 0 Å². The van der Waals surface area contributed by atoms with E-state index in [1.807, 2.05) is 53.9 Å². The van der Waals surface area contributed by atoms with Gasteiger partial charge in [-0.05, 0) is 46.9 Å². The van der Waals surface area contributed by atoms with E-state index in [2.05, 4.69) is 25.3 Å². The van der Waals surface area contributed by atoms with Gasteiger partial charge in [-0.15, -0.1) is 0 Å². The van der Waals surface area contributed by atoms with Gasteiger partial charge in [-0.2, -0.15) is 15.3 Å². The second-order valence-corrected chi connectivity index (χ2v) is 10.4. The first kappa shape index (κ1) is 24.5. The molecule has 6 rings (SSSR count). The van der Waals surface area contributed by atoms with Gasteiger partial charge in [-0.3, -0.25) is 19.7 Å². The summed E-state index contributed by atoms with van der Waals surface area (Å²) in [7, 11) is 3.87. The van der Waals surface area contributed by atoms with Crippen LogP contribution in [0.15, 0.2) is 18.2 Å². The highest BCUT2D eigenvalue weighted by molar-refractivity contribution is 5.98. The number of nitrogens with one attached hydrogen (secondary N) is 1. The number of aromatic nitrogens is 7. The minimum atomic E-state index is -0.414. The van der Waals surface area contributed by atoms with Gasteiger partial charge in [-0.25, -0.2) is 9.07 Å². The minimum Gasteiger partial charge on any atom is -0.473 e. The van der Waals surface area contributed by atoms with Crippen molar-refractivity contribution in [1.82, 2.24) is 39.6 Å². The molecule has 0 amide bonds. The summed E-state index contributed by atoms with van der Waals surface area (Å²) in [6.45, 7) is 8.82. The second kappa shape index (κ2) is 8.88. The van der Waals surface area contributed by atoms with Crippen LogP contribution in [0.4, 0.5) is 4.39 Å². The van der Waals surface area contributed by atoms with Gasteiger partial charge in [-0.1, -0.05) is 0 Å². The number of halogens is 1. The largest absolute Gasteiger partial charge is 0.473 e. The molecular formula is C27H31FN8O2. The Bertz CT molecular complexity index is 1700. The van der Waals surface area contributed by atoms with Gasteiger partial charge >= 0.3 is 0 Å². The van der Waals surface area contributed by atoms with Crippen LogP contribution in [0.1, 0.15) is 37.0 Å². The van der Waals surface area contributed by atoms with Crippen LogP contribution in [0, 0.1) is 19.7 Å². The maximum Gasteiger partial charge on any atom is 0.221 e. The molecule has 2 N–H and O–H groups in total. The second-order valence-electron chi connectivity index (χ2n) is 10.4. The minimum absolute atomic E-state index is 0.0821. The number of fused-ring (bicyclic) bond motifs is 5. The van der Waals surface area contributed by atoms with Crippen LogP contribution in [0.25, 0.3) is 44.3 Å². The summed E-state index contributed by atoms with van der Waals surface area (Å²) in [6, 6.07) is 4.94. The van der Waals surface area contributed by atoms with E-state index in [9.17, 15) is 5.11 Å². The summed E-state index contributed by atoms with van der Waals surface area (Å²) in [5.41, 5.74) is 6.09. The smallest absolute Gasteiger partial charge is 0.221 e. The summed E-state index contributed by atoms with van der Waals surface area (Å²) < 4.78 is 25.7. The number of aryl methyl sites for hydroxylation is 3. The number of H-pyrrole nitrogens is 1. The van der Waals surface area contributed by atoms with Gasteiger partial charge in [0.25, 0.3) is 0 Å². The Balaban J connectivity index is 1.68. The summed E-state index contributed by atoms with van der Waals surface area (Å²) in [5.74, 6) is 0.213. The van der Waals surface area contributed by atoms with Crippen molar-refractivity contribution in [1.29, 1.82) is 0 Å². The molecule has 11 heteroatoms. The van der Waals surface area contributed by atoms with Crippen LogP contribution in [0.3, 0.4) is 0 Å². The molecule has 0 spiro atoms. The highest BCUT2D eigenvalue weighted by Crippen LogP contribution is 2.38. The Morgan fingerprint density at radius 3 is 2.71 bits per heavy atom. The van der Waals surface area contributed by atoms with E-state index in [1.165, 1.54) is 6.07 Å². The first-order valence-corrected chi connectivity index (χ1v) is 12.7. The standard InChI is InChI=1S/C27H31FN8O2/c1-13(12-37)36-23-11-34(5)10-14(2)38-27-24(15(3)32-35(27)6)22-8-19-25(16(4)29-22)30-31-26(19)17-7-18(23)21(33-36)9-20(17)28/h7-9,13-14,37H,10-12H2,1-6H3,(H,30,31)/t13-,14-/m0/s1. The number of aromatic amines is 1. The molecule has 5 heterocycles. The third-order valence-electron chi connectivity index (χ3n) is 7.29. The average molecular weight is 519 g/mol. The molecule has 0 saturated heterocycles. The monoisotopic (exact) mass is 518 g/mol. The molecule has 0 saturated carbocycles. The fourth-order valence-electron chi connectivity index (χ4n) is 5.52. The quantitative estimate of drug-likeness (QED) is 0.365. The average Bonchev–Trinajstić information content (AvgIpc) is 3.51. The normalized spacial score (nSPS) is 17.1. The van der Waals surface area contributed by atoms with Crippen molar-refractivity contribution in [3.63, 3.8) is 0 Å². The fraction of sp³-hybridized carbons (Fsp3) is 0.407. The van der Waals surface area contributed by atoms with E-state index in [0.717, 1.165) is 38.9 Å². The molecule has 1 aliphatic heterocycles. The lowest BCUT2D eigenvalue weighted by atomic mass is 10.0. The Kier molecular flexibility index (Phi) is 5.73. The number of ether oxygens (including phenoxy) is 1. The van der Waals surface area contributed by atoms with Crippen LogP contribution in [0.2, 0.25) is 0 Å². The Labute approximate surface area is 219 Å². The molecule has 38 heavy (non-hydrogen) atoms. The molecule has 10 nitrogen and oxygen atoms in total. The van der Waals surface area contributed by atoms with Gasteiger partial charge in [0, 0.05) is 42.5 Å². The predicted octanol–water partition coefficient (Wildman–Crippen LogP) is 3.90. The number of nitrogens with zero attached hydrogens (tertiary/aromatic N) is 7. The number of likely N-dealkylation sites (N-methyl/N-ethyl adjacent to an activating group) is 1. The van der Waals surface area contributed by atoms with Crippen molar-refractivity contribution in [2.24, 2.45) is 7.05 Å². The third-order valence-corrected chi connectivity index (χ3v) is 7.29. The Morgan fingerprint density at radius 2 is 1.95 bits per heavy atom. The van der Waals surface area contributed by atoms with Crippen LogP contribution >= 0.6 is 0 Å². The number of aliphatic hydroxyl groups excluding tert-OH is 1. The van der Waals surface area contributed by atoms with Crippen molar-refractivity contribution in [2.45, 2.75) is 46.4 Å². The fourth-order valence-corrected chi connectivity index (χ4v) is 5.52. The summed E-state index contributed by atoms with van der Waals surface area (Å²) in [6.07, 6.45) is -0.168. The van der Waals surface area contributed by atoms with E-state index in [-0.39, 0.29) is 18.8 Å². The first-order valence-electron chi connectivity index (χ1n) is 12.7. The highest BCUT2D eigenvalue weighted by atomic mass is 19.1. The molecule has 198 valence electrons. The number of hydrogen-bond donors (Lipinski definition) is 2. The van der Waals surface area contributed by atoms with Crippen molar-refractivity contribution in [2.75, 3.05) is 20.2 Å². The van der Waals surface area contributed by atoms with E-state index >= 15 is 4.39 Å². The van der Waals surface area contributed by atoms with Crippen LogP contribution in [0.5, 0.6) is 5.88 Å². The lowest BCUT2D eigenvalue weighted by Crippen LogP contribution is -2.32. The lowest BCUT2D eigenvalue weighted by Gasteiger charge is -2.24. The van der Waals surface area contributed by atoms with Crippen LogP contribution in [-0.4, -0.2) is 71.1 Å². The van der Waals surface area contributed by atoms with Crippen molar-refractivity contribution >= 4 is 21.8 Å². The molecule has 1 aromatic carbocycles. The topological polar surface area (TPSA) is 110 Å². The first-order chi connectivity index (χ1) is 18.2. The summed E-state index contributed by atoms with van der Waals surface area (Å²) in [4.78, 5) is 6.99. The molecule has 1 aliphatic rings. The molecule has 4 aromatic heterocycles. The van der Waals surface area contributed by atoms with E-state index in [1.54, 1.807) is 9.36 Å². The lowest BCUT2D eigenvalue weighted by molar-refractivity contribution is 0.145. The van der Waals surface area contributed by atoms with E-state index < -0.39 is 5.82 Å². The van der Waals surface area contributed by atoms with Gasteiger partial charge in [0.05, 0.1) is 52.0 Å². The number of benzene rings is 1.